The third-order valence-corrected chi connectivity index (χ3v) is 7.63. The minimum Gasteiger partial charge on any atom is -0.480 e. The smallest absolute Gasteiger partial charge is 0.326 e. The molecule has 1 atom stereocenters. The molecule has 9 heteroatoms. The number of piperidine rings is 1. The molecule has 2 amide bonds. The molecule has 2 aromatic rings. The lowest BCUT2D eigenvalue weighted by atomic mass is 9.89. The number of amides is 2. The Bertz CT molecular complexity index is 1150. The van der Waals surface area contributed by atoms with Crippen LogP contribution in [0.5, 0.6) is 0 Å². The van der Waals surface area contributed by atoms with Crippen LogP contribution in [0.15, 0.2) is 24.3 Å². The summed E-state index contributed by atoms with van der Waals surface area (Å²) in [6.45, 7) is 5.70. The van der Waals surface area contributed by atoms with E-state index in [1.807, 2.05) is 11.0 Å². The number of likely N-dealkylation sites (tertiary alicyclic amines) is 1. The van der Waals surface area contributed by atoms with Gasteiger partial charge in [-0.05, 0) is 93.2 Å². The van der Waals surface area contributed by atoms with E-state index in [0.29, 0.717) is 66.9 Å². The maximum Gasteiger partial charge on any atom is 0.326 e. The zero-order valence-electron chi connectivity index (χ0n) is 21.5. The van der Waals surface area contributed by atoms with Gasteiger partial charge < -0.3 is 20.6 Å². The summed E-state index contributed by atoms with van der Waals surface area (Å²) >= 11 is 6.06. The molecular formula is C28H35ClN4O4. The molecule has 1 saturated heterocycles. The van der Waals surface area contributed by atoms with Gasteiger partial charge in [-0.1, -0.05) is 17.7 Å². The zero-order valence-corrected chi connectivity index (χ0v) is 22.2. The molecule has 2 aliphatic heterocycles. The Balaban J connectivity index is 1.26. The summed E-state index contributed by atoms with van der Waals surface area (Å²) in [6, 6.07) is 6.53. The van der Waals surface area contributed by atoms with E-state index < -0.39 is 17.9 Å². The number of benzene rings is 1. The molecule has 1 unspecified atom stereocenters. The van der Waals surface area contributed by atoms with E-state index in [2.05, 4.69) is 21.7 Å². The van der Waals surface area contributed by atoms with Crippen LogP contribution in [-0.2, 0) is 22.4 Å². The summed E-state index contributed by atoms with van der Waals surface area (Å²) < 4.78 is 0. The minimum absolute atomic E-state index is 0.0997. The predicted molar refractivity (Wildman–Crippen MR) is 143 cm³/mol. The Kier molecular flexibility index (Phi) is 8.69. The fraction of sp³-hybridized carbons (Fsp3) is 0.500. The Morgan fingerprint density at radius 3 is 2.57 bits per heavy atom. The average molecular weight is 527 g/mol. The van der Waals surface area contributed by atoms with E-state index in [9.17, 15) is 19.5 Å². The highest BCUT2D eigenvalue weighted by Crippen LogP contribution is 2.25. The lowest BCUT2D eigenvalue weighted by molar-refractivity contribution is -0.140. The van der Waals surface area contributed by atoms with Crippen LogP contribution < -0.4 is 10.6 Å². The van der Waals surface area contributed by atoms with Crippen molar-refractivity contribution in [2.24, 2.45) is 5.92 Å². The van der Waals surface area contributed by atoms with Gasteiger partial charge in [-0.2, -0.15) is 0 Å². The first-order valence-corrected chi connectivity index (χ1v) is 13.4. The van der Waals surface area contributed by atoms with Crippen molar-refractivity contribution < 1.29 is 19.5 Å². The largest absolute Gasteiger partial charge is 0.480 e. The van der Waals surface area contributed by atoms with Gasteiger partial charge in [-0.3, -0.25) is 9.59 Å². The number of carboxylic acids is 1. The van der Waals surface area contributed by atoms with E-state index in [0.717, 1.165) is 30.9 Å². The topological polar surface area (TPSA) is 112 Å². The Morgan fingerprint density at radius 2 is 1.89 bits per heavy atom. The van der Waals surface area contributed by atoms with Crippen LogP contribution in [-0.4, -0.2) is 58.5 Å². The van der Waals surface area contributed by atoms with Gasteiger partial charge in [0.05, 0.1) is 0 Å². The summed E-state index contributed by atoms with van der Waals surface area (Å²) in [4.78, 5) is 44.2. The number of anilines is 1. The van der Waals surface area contributed by atoms with Crippen LogP contribution in [0.4, 0.5) is 5.82 Å². The van der Waals surface area contributed by atoms with Crippen molar-refractivity contribution in [2.45, 2.75) is 64.8 Å². The molecule has 3 heterocycles. The molecule has 0 spiro atoms. The fourth-order valence-corrected chi connectivity index (χ4v) is 5.70. The van der Waals surface area contributed by atoms with Crippen molar-refractivity contribution in [3.63, 3.8) is 0 Å². The summed E-state index contributed by atoms with van der Waals surface area (Å²) in [6.07, 6.45) is 4.92. The summed E-state index contributed by atoms with van der Waals surface area (Å²) in [5.74, 6) is -0.298. The summed E-state index contributed by atoms with van der Waals surface area (Å²) in [5, 5.41) is 16.3. The second-order valence-electron chi connectivity index (χ2n) is 10.2. The third-order valence-electron chi connectivity index (χ3n) is 7.41. The standard InChI is InChI=1S/C28H35ClN4O4/c1-17-14-21(29)15-18(2)25(17)27(35)32-23(28(36)37)16-19-9-12-33(13-10-19)24(34)8-7-22-6-5-20-4-3-11-30-26(20)31-22/h5-6,14-15,19,23H,3-4,7-13,16H2,1-2H3,(H,30,31)(H,32,35)(H,36,37). The van der Waals surface area contributed by atoms with E-state index in [1.165, 1.54) is 5.56 Å². The lowest BCUT2D eigenvalue weighted by Crippen LogP contribution is -2.45. The SMILES string of the molecule is Cc1cc(Cl)cc(C)c1C(=O)NC(CC1CCN(C(=O)CCc2ccc3c(n2)NCCC3)CC1)C(=O)O. The van der Waals surface area contributed by atoms with Crippen LogP contribution >= 0.6 is 11.6 Å². The van der Waals surface area contributed by atoms with Crippen LogP contribution in [0, 0.1) is 19.8 Å². The number of carbonyl (C=O) groups is 3. The maximum absolute atomic E-state index is 12.9. The van der Waals surface area contributed by atoms with Gasteiger partial charge in [0.25, 0.3) is 5.91 Å². The zero-order chi connectivity index (χ0) is 26.5. The molecule has 3 N–H and O–H groups in total. The number of hydrogen-bond acceptors (Lipinski definition) is 5. The molecule has 1 fully saturated rings. The predicted octanol–water partition coefficient (Wildman–Crippen LogP) is 4.15. The molecule has 1 aromatic heterocycles. The van der Waals surface area contributed by atoms with E-state index in [-0.39, 0.29) is 11.8 Å². The van der Waals surface area contributed by atoms with Crippen molar-refractivity contribution in [3.8, 4) is 0 Å². The van der Waals surface area contributed by atoms with Gasteiger partial charge in [0.1, 0.15) is 11.9 Å². The fourth-order valence-electron chi connectivity index (χ4n) is 5.37. The summed E-state index contributed by atoms with van der Waals surface area (Å²) in [5.41, 5.74) is 4.03. The van der Waals surface area contributed by atoms with E-state index >= 15 is 0 Å². The van der Waals surface area contributed by atoms with Crippen molar-refractivity contribution in [1.82, 2.24) is 15.2 Å². The summed E-state index contributed by atoms with van der Waals surface area (Å²) in [7, 11) is 0. The second kappa shape index (κ2) is 11.9. The van der Waals surface area contributed by atoms with Crippen LogP contribution in [0.1, 0.15) is 64.8 Å². The van der Waals surface area contributed by atoms with Crippen LogP contribution in [0.25, 0.3) is 0 Å². The lowest BCUT2D eigenvalue weighted by Gasteiger charge is -2.33. The number of aryl methyl sites for hydroxylation is 4. The van der Waals surface area contributed by atoms with Gasteiger partial charge in [0.15, 0.2) is 0 Å². The molecule has 2 aliphatic rings. The number of hydrogen-bond donors (Lipinski definition) is 3. The number of pyridine rings is 1. The van der Waals surface area contributed by atoms with Crippen molar-refractivity contribution >= 4 is 35.2 Å². The van der Waals surface area contributed by atoms with E-state index in [1.54, 1.807) is 26.0 Å². The molecule has 198 valence electrons. The molecule has 0 aliphatic carbocycles. The number of nitrogens with zero attached hydrogens (tertiary/aromatic N) is 2. The Hall–Kier alpha value is -3.13. The first-order valence-electron chi connectivity index (χ1n) is 13.0. The van der Waals surface area contributed by atoms with Gasteiger partial charge in [0.2, 0.25) is 5.91 Å². The number of aliphatic carboxylic acids is 1. The maximum atomic E-state index is 12.9. The van der Waals surface area contributed by atoms with Gasteiger partial charge in [-0.15, -0.1) is 0 Å². The highest BCUT2D eigenvalue weighted by atomic mass is 35.5. The van der Waals surface area contributed by atoms with Crippen LogP contribution in [0.3, 0.4) is 0 Å². The number of nitrogens with one attached hydrogen (secondary N) is 2. The highest BCUT2D eigenvalue weighted by molar-refractivity contribution is 6.30. The monoisotopic (exact) mass is 526 g/mol. The van der Waals surface area contributed by atoms with Crippen LogP contribution in [0.2, 0.25) is 5.02 Å². The number of carbonyl (C=O) groups excluding carboxylic acids is 2. The first-order chi connectivity index (χ1) is 17.7. The van der Waals surface area contributed by atoms with E-state index in [4.69, 9.17) is 11.6 Å². The molecule has 4 rings (SSSR count). The van der Waals surface area contributed by atoms with Gasteiger partial charge >= 0.3 is 5.97 Å². The molecular weight excluding hydrogens is 492 g/mol. The molecule has 0 radical (unpaired) electrons. The Labute approximate surface area is 222 Å². The Morgan fingerprint density at radius 1 is 1.19 bits per heavy atom. The highest BCUT2D eigenvalue weighted by Gasteiger charge is 2.29. The molecule has 37 heavy (non-hydrogen) atoms. The normalized spacial score (nSPS) is 16.5. The number of halogens is 1. The first kappa shape index (κ1) is 26.9. The number of fused-ring (bicyclic) bond motifs is 1. The molecule has 8 nitrogen and oxygen atoms in total. The number of carboxylic acid groups (broad SMARTS) is 1. The van der Waals surface area contributed by atoms with Gasteiger partial charge in [-0.25, -0.2) is 9.78 Å². The third kappa shape index (κ3) is 6.80. The number of rotatable bonds is 8. The average Bonchev–Trinajstić information content (AvgIpc) is 2.86. The number of aromatic nitrogens is 1. The molecule has 0 saturated carbocycles. The van der Waals surface area contributed by atoms with Crippen molar-refractivity contribution in [1.29, 1.82) is 0 Å². The minimum atomic E-state index is -1.05. The molecule has 0 bridgehead atoms. The van der Waals surface area contributed by atoms with Gasteiger partial charge in [0, 0.05) is 42.3 Å². The quantitative estimate of drug-likeness (QED) is 0.476. The van der Waals surface area contributed by atoms with Crippen molar-refractivity contribution in [3.05, 3.63) is 57.2 Å². The molecule has 1 aromatic carbocycles. The van der Waals surface area contributed by atoms with Crippen molar-refractivity contribution in [2.75, 3.05) is 25.0 Å². The second-order valence-corrected chi connectivity index (χ2v) is 10.6.